The Morgan fingerprint density at radius 1 is 1.00 bits per heavy atom. The van der Waals surface area contributed by atoms with Crippen molar-refractivity contribution in [3.05, 3.63) is 0 Å². The van der Waals surface area contributed by atoms with E-state index in [4.69, 9.17) is 0 Å². The van der Waals surface area contributed by atoms with E-state index in [0.717, 1.165) is 0 Å². The second kappa shape index (κ2) is 16.6. The second-order valence-corrected chi connectivity index (χ2v) is 0. The molecule has 0 aliphatic heterocycles. The van der Waals surface area contributed by atoms with Crippen molar-refractivity contribution in [2.24, 2.45) is 0 Å². The van der Waals surface area contributed by atoms with Gasteiger partial charge in [0.2, 0.25) is 0 Å². The molecule has 0 aliphatic carbocycles. The summed E-state index contributed by atoms with van der Waals surface area (Å²) in [7, 11) is 0. The minimum Gasteiger partial charge on any atom is -1.00 e. The van der Waals surface area contributed by atoms with E-state index in [9.17, 15) is 0 Å². The van der Waals surface area contributed by atoms with Gasteiger partial charge in [0.1, 0.15) is 0 Å². The van der Waals surface area contributed by atoms with Crippen LogP contribution in [-0.4, -0.2) is 56.4 Å². The standard InChI is InChI=1S/K.2H2O.Sr.3H/h;2*1H2;;;;/q+1;;;+2;3*-1. The minimum absolute atomic E-state index is 0. The van der Waals surface area contributed by atoms with Gasteiger partial charge < -0.3 is 15.2 Å². The zero-order valence-electron chi connectivity index (χ0n) is 5.71. The van der Waals surface area contributed by atoms with Gasteiger partial charge in [0.05, 0.1) is 0 Å². The van der Waals surface area contributed by atoms with Crippen LogP contribution in [0.2, 0.25) is 0 Å². The van der Waals surface area contributed by atoms with Crippen molar-refractivity contribution < 1.29 is 66.6 Å². The van der Waals surface area contributed by atoms with Gasteiger partial charge in [-0.25, -0.2) is 0 Å². The van der Waals surface area contributed by atoms with E-state index in [1.54, 1.807) is 0 Å². The maximum absolute atomic E-state index is 0. The van der Waals surface area contributed by atoms with Crippen LogP contribution >= 0.6 is 0 Å². The molecule has 0 spiro atoms. The van der Waals surface area contributed by atoms with Gasteiger partial charge in [-0.05, 0) is 0 Å². The summed E-state index contributed by atoms with van der Waals surface area (Å²) < 4.78 is 0. The monoisotopic (exact) mass is 166 g/mol. The molecular formula is H7KO2Sr. The van der Waals surface area contributed by atoms with Crippen molar-refractivity contribution >= 4 is 45.5 Å². The maximum atomic E-state index is 0. The molecule has 0 aromatic rings. The van der Waals surface area contributed by atoms with Gasteiger partial charge in [0, 0.05) is 0 Å². The third-order valence-electron chi connectivity index (χ3n) is 0. The number of rotatable bonds is 0. The normalized spacial score (nSPS) is 0. The summed E-state index contributed by atoms with van der Waals surface area (Å²) in [6.45, 7) is 0. The molecule has 0 fully saturated rings. The fourth-order valence-electron chi connectivity index (χ4n) is 0. The molecular weight excluding hydrogens is 159 g/mol. The van der Waals surface area contributed by atoms with Gasteiger partial charge in [-0.3, -0.25) is 0 Å². The Balaban J connectivity index is 0. The molecule has 22 valence electrons. The fourth-order valence-corrected chi connectivity index (χ4v) is 0. The Hall–Kier alpha value is 3.04. The van der Waals surface area contributed by atoms with Crippen LogP contribution in [-0.2, 0) is 0 Å². The first-order valence-electron chi connectivity index (χ1n) is 0. The summed E-state index contributed by atoms with van der Waals surface area (Å²) in [5.74, 6) is 0. The van der Waals surface area contributed by atoms with E-state index in [2.05, 4.69) is 0 Å². The van der Waals surface area contributed by atoms with Crippen LogP contribution in [0.25, 0.3) is 0 Å². The molecule has 4 heavy (non-hydrogen) atoms. The summed E-state index contributed by atoms with van der Waals surface area (Å²) in [6.07, 6.45) is 0. The van der Waals surface area contributed by atoms with E-state index in [0.29, 0.717) is 0 Å². The number of hydrogen-bond donors (Lipinski definition) is 0. The molecule has 0 unspecified atom stereocenters. The predicted octanol–water partition coefficient (Wildman–Crippen LogP) is -4.69. The fraction of sp³-hybridized carbons (Fsp3) is 0. The van der Waals surface area contributed by atoms with E-state index in [1.807, 2.05) is 0 Å². The van der Waals surface area contributed by atoms with Gasteiger partial charge in [-0.15, -0.1) is 0 Å². The molecule has 0 aromatic heterocycles. The molecule has 4 N–H and O–H groups in total. The third-order valence-corrected chi connectivity index (χ3v) is 0. The first kappa shape index (κ1) is 27.8. The van der Waals surface area contributed by atoms with Gasteiger partial charge in [0.25, 0.3) is 0 Å². The van der Waals surface area contributed by atoms with Crippen molar-refractivity contribution in [2.75, 3.05) is 0 Å². The summed E-state index contributed by atoms with van der Waals surface area (Å²) in [5.41, 5.74) is 0. The topological polar surface area (TPSA) is 63.0 Å². The Morgan fingerprint density at radius 2 is 1.00 bits per heavy atom. The molecule has 0 radical (unpaired) electrons. The van der Waals surface area contributed by atoms with Crippen LogP contribution in [0.3, 0.4) is 0 Å². The molecule has 0 saturated carbocycles. The Bertz CT molecular complexity index is 12.9. The van der Waals surface area contributed by atoms with Gasteiger partial charge in [-0.1, -0.05) is 0 Å². The smallest absolute Gasteiger partial charge is 1.00 e. The van der Waals surface area contributed by atoms with Crippen molar-refractivity contribution in [1.29, 1.82) is 0 Å². The van der Waals surface area contributed by atoms with Crippen molar-refractivity contribution in [2.45, 2.75) is 0 Å². The predicted molar refractivity (Wildman–Crippen MR) is 16.3 cm³/mol. The zero-order valence-corrected chi connectivity index (χ0v) is 9.31. The summed E-state index contributed by atoms with van der Waals surface area (Å²) >= 11 is 0. The van der Waals surface area contributed by atoms with E-state index in [-0.39, 0.29) is 112 Å². The van der Waals surface area contributed by atoms with Crippen LogP contribution in [0.4, 0.5) is 0 Å². The summed E-state index contributed by atoms with van der Waals surface area (Å²) in [6, 6.07) is 0. The van der Waals surface area contributed by atoms with Crippen molar-refractivity contribution in [1.82, 2.24) is 0 Å². The molecule has 0 aromatic carbocycles. The second-order valence-electron chi connectivity index (χ2n) is 0. The van der Waals surface area contributed by atoms with E-state index in [1.165, 1.54) is 0 Å². The average molecular weight is 166 g/mol. The Kier molecular flexibility index (Phi) is 115. The zero-order chi connectivity index (χ0) is 0. The SMILES string of the molecule is O.O.[H-].[H-].[H-].[K+].[Sr+2]. The molecule has 0 amide bonds. The summed E-state index contributed by atoms with van der Waals surface area (Å²) in [5, 5.41) is 0. The maximum Gasteiger partial charge on any atom is 2.00 e. The van der Waals surface area contributed by atoms with Crippen molar-refractivity contribution in [3.63, 3.8) is 0 Å². The number of hydrogen-bond acceptors (Lipinski definition) is 0. The van der Waals surface area contributed by atoms with Crippen LogP contribution in [0, 0.1) is 0 Å². The minimum atomic E-state index is 0. The summed E-state index contributed by atoms with van der Waals surface area (Å²) in [4.78, 5) is 0. The molecule has 0 bridgehead atoms. The Morgan fingerprint density at radius 3 is 1.00 bits per heavy atom. The average Bonchev–Trinajstić information content (AvgIpc) is 0. The van der Waals surface area contributed by atoms with E-state index >= 15 is 0 Å². The molecule has 4 heteroatoms. The van der Waals surface area contributed by atoms with Crippen LogP contribution < -0.4 is 51.4 Å². The molecule has 0 rings (SSSR count). The molecule has 2 nitrogen and oxygen atoms in total. The van der Waals surface area contributed by atoms with Crippen LogP contribution in [0.15, 0.2) is 0 Å². The first-order valence-corrected chi connectivity index (χ1v) is 0. The molecule has 0 heterocycles. The first-order chi connectivity index (χ1) is 0. The van der Waals surface area contributed by atoms with Crippen LogP contribution in [0.5, 0.6) is 0 Å². The quantitative estimate of drug-likeness (QED) is 0.324. The van der Waals surface area contributed by atoms with Gasteiger partial charge in [0.15, 0.2) is 0 Å². The molecule has 0 aliphatic rings. The largest absolute Gasteiger partial charge is 2.00 e. The van der Waals surface area contributed by atoms with Crippen LogP contribution in [0.1, 0.15) is 4.28 Å². The van der Waals surface area contributed by atoms with Gasteiger partial charge in [-0.2, -0.15) is 0 Å². The van der Waals surface area contributed by atoms with Crippen molar-refractivity contribution in [3.8, 4) is 0 Å². The molecule has 0 saturated heterocycles. The Labute approximate surface area is 109 Å². The van der Waals surface area contributed by atoms with Gasteiger partial charge >= 0.3 is 96.9 Å². The molecule has 0 atom stereocenters. The van der Waals surface area contributed by atoms with E-state index < -0.39 is 0 Å². The third kappa shape index (κ3) is 8.90.